The Kier molecular flexibility index (Phi) is 4.12. The van der Waals surface area contributed by atoms with Gasteiger partial charge in [0.15, 0.2) is 0 Å². The molecule has 0 saturated heterocycles. The van der Waals surface area contributed by atoms with Crippen LogP contribution in [0.3, 0.4) is 0 Å². The zero-order valence-electron chi connectivity index (χ0n) is 11.2. The number of pyridine rings is 1. The molecule has 0 saturated carbocycles. The first-order chi connectivity index (χ1) is 9.06. The lowest BCUT2D eigenvalue weighted by molar-refractivity contribution is -0.138. The van der Waals surface area contributed by atoms with E-state index in [9.17, 15) is 4.79 Å². The number of rotatable bonds is 5. The van der Waals surface area contributed by atoms with E-state index in [1.54, 1.807) is 0 Å². The summed E-state index contributed by atoms with van der Waals surface area (Å²) in [7, 11) is 0. The third-order valence-corrected chi connectivity index (χ3v) is 3.09. The molecule has 19 heavy (non-hydrogen) atoms. The molecule has 0 bridgehead atoms. The van der Waals surface area contributed by atoms with E-state index >= 15 is 0 Å². The number of fused-ring (bicyclic) bond motifs is 1. The van der Waals surface area contributed by atoms with Crippen LogP contribution in [0, 0.1) is 0 Å². The highest BCUT2D eigenvalue weighted by Crippen LogP contribution is 2.13. The minimum atomic E-state index is -0.811. The van der Waals surface area contributed by atoms with Crippen LogP contribution in [0.5, 0.6) is 0 Å². The molecule has 2 aromatic rings. The van der Waals surface area contributed by atoms with Gasteiger partial charge in [0.05, 0.1) is 17.8 Å². The summed E-state index contributed by atoms with van der Waals surface area (Å²) < 4.78 is 0. The van der Waals surface area contributed by atoms with Crippen molar-refractivity contribution in [1.29, 1.82) is 0 Å². The standard InChI is InChI=1S/C15H18N2O2/c1-11(2)17(10-15(18)19)9-13-8-7-12-5-3-4-6-14(12)16-13/h3-8,11H,9-10H2,1-2H3,(H,18,19). The first-order valence-electron chi connectivity index (χ1n) is 6.37. The van der Waals surface area contributed by atoms with Gasteiger partial charge >= 0.3 is 5.97 Å². The van der Waals surface area contributed by atoms with Crippen molar-refractivity contribution in [2.24, 2.45) is 0 Å². The highest BCUT2D eigenvalue weighted by Gasteiger charge is 2.14. The number of carboxylic acids is 1. The third-order valence-electron chi connectivity index (χ3n) is 3.09. The van der Waals surface area contributed by atoms with Gasteiger partial charge < -0.3 is 5.11 Å². The van der Waals surface area contributed by atoms with Crippen LogP contribution in [-0.4, -0.2) is 33.5 Å². The zero-order chi connectivity index (χ0) is 13.8. The number of nitrogens with zero attached hydrogens (tertiary/aromatic N) is 2. The molecular formula is C15H18N2O2. The summed E-state index contributed by atoms with van der Waals surface area (Å²) in [6, 6.07) is 12.1. The van der Waals surface area contributed by atoms with Gasteiger partial charge in [0.25, 0.3) is 0 Å². The number of hydrogen-bond donors (Lipinski definition) is 1. The van der Waals surface area contributed by atoms with Crippen molar-refractivity contribution >= 4 is 16.9 Å². The highest BCUT2D eigenvalue weighted by atomic mass is 16.4. The second-order valence-electron chi connectivity index (χ2n) is 4.89. The number of aromatic nitrogens is 1. The predicted octanol–water partition coefficient (Wildman–Crippen LogP) is 2.53. The fourth-order valence-corrected chi connectivity index (χ4v) is 2.00. The van der Waals surface area contributed by atoms with E-state index in [-0.39, 0.29) is 12.6 Å². The van der Waals surface area contributed by atoms with E-state index in [1.807, 2.05) is 55.1 Å². The van der Waals surface area contributed by atoms with Gasteiger partial charge in [-0.1, -0.05) is 24.3 Å². The first kappa shape index (κ1) is 13.5. The summed E-state index contributed by atoms with van der Waals surface area (Å²) in [5.74, 6) is -0.811. The van der Waals surface area contributed by atoms with Gasteiger partial charge in [-0.15, -0.1) is 0 Å². The van der Waals surface area contributed by atoms with Crippen molar-refractivity contribution in [3.05, 3.63) is 42.1 Å². The van der Waals surface area contributed by atoms with E-state index in [4.69, 9.17) is 5.11 Å². The normalized spacial score (nSPS) is 11.4. The monoisotopic (exact) mass is 258 g/mol. The van der Waals surface area contributed by atoms with Gasteiger partial charge in [0.2, 0.25) is 0 Å². The van der Waals surface area contributed by atoms with Crippen molar-refractivity contribution in [2.45, 2.75) is 26.4 Å². The number of hydrogen-bond acceptors (Lipinski definition) is 3. The average molecular weight is 258 g/mol. The second-order valence-corrected chi connectivity index (χ2v) is 4.89. The van der Waals surface area contributed by atoms with Crippen LogP contribution < -0.4 is 0 Å². The lowest BCUT2D eigenvalue weighted by Gasteiger charge is -2.24. The molecule has 0 spiro atoms. The van der Waals surface area contributed by atoms with E-state index < -0.39 is 5.97 Å². The van der Waals surface area contributed by atoms with Gasteiger partial charge in [0, 0.05) is 18.0 Å². The van der Waals surface area contributed by atoms with Gasteiger partial charge in [0.1, 0.15) is 0 Å². The summed E-state index contributed by atoms with van der Waals surface area (Å²) in [6.45, 7) is 4.56. The molecule has 2 rings (SSSR count). The molecule has 0 aliphatic rings. The van der Waals surface area contributed by atoms with Gasteiger partial charge in [-0.3, -0.25) is 14.7 Å². The predicted molar refractivity (Wildman–Crippen MR) is 74.9 cm³/mol. The first-order valence-corrected chi connectivity index (χ1v) is 6.37. The number of aliphatic carboxylic acids is 1. The third kappa shape index (κ3) is 3.51. The molecule has 1 aromatic heterocycles. The summed E-state index contributed by atoms with van der Waals surface area (Å²) in [5, 5.41) is 10.0. The Hall–Kier alpha value is -1.94. The minimum absolute atomic E-state index is 0.0339. The number of carboxylic acid groups (broad SMARTS) is 1. The van der Waals surface area contributed by atoms with Crippen molar-refractivity contribution in [1.82, 2.24) is 9.88 Å². The van der Waals surface area contributed by atoms with E-state index in [0.29, 0.717) is 6.54 Å². The van der Waals surface area contributed by atoms with Crippen LogP contribution >= 0.6 is 0 Å². The summed E-state index contributed by atoms with van der Waals surface area (Å²) >= 11 is 0. The van der Waals surface area contributed by atoms with Crippen molar-refractivity contribution in [3.63, 3.8) is 0 Å². The van der Waals surface area contributed by atoms with Crippen molar-refractivity contribution < 1.29 is 9.90 Å². The molecule has 4 nitrogen and oxygen atoms in total. The lowest BCUT2D eigenvalue weighted by atomic mass is 10.2. The van der Waals surface area contributed by atoms with E-state index in [2.05, 4.69) is 4.98 Å². The average Bonchev–Trinajstić information content (AvgIpc) is 2.37. The molecule has 0 atom stereocenters. The molecule has 0 radical (unpaired) electrons. The van der Waals surface area contributed by atoms with Gasteiger partial charge in [-0.05, 0) is 26.0 Å². The second kappa shape index (κ2) is 5.80. The molecule has 100 valence electrons. The Balaban J connectivity index is 2.21. The largest absolute Gasteiger partial charge is 0.480 e. The quantitative estimate of drug-likeness (QED) is 0.895. The fourth-order valence-electron chi connectivity index (χ4n) is 2.00. The van der Waals surface area contributed by atoms with Gasteiger partial charge in [-0.2, -0.15) is 0 Å². The maximum atomic E-state index is 10.9. The molecule has 0 unspecified atom stereocenters. The Morgan fingerprint density at radius 1 is 1.26 bits per heavy atom. The Bertz CT molecular complexity index is 581. The van der Waals surface area contributed by atoms with E-state index in [0.717, 1.165) is 16.6 Å². The summed E-state index contributed by atoms with van der Waals surface area (Å²) in [5.41, 5.74) is 1.84. The van der Waals surface area contributed by atoms with Crippen molar-refractivity contribution in [3.8, 4) is 0 Å². The lowest BCUT2D eigenvalue weighted by Crippen LogP contribution is -2.35. The number of para-hydroxylation sites is 1. The molecule has 0 fully saturated rings. The molecule has 0 aliphatic heterocycles. The van der Waals surface area contributed by atoms with E-state index in [1.165, 1.54) is 0 Å². The topological polar surface area (TPSA) is 53.4 Å². The minimum Gasteiger partial charge on any atom is -0.480 e. The maximum Gasteiger partial charge on any atom is 0.317 e. The van der Waals surface area contributed by atoms with Crippen LogP contribution in [0.25, 0.3) is 10.9 Å². The highest BCUT2D eigenvalue weighted by molar-refractivity contribution is 5.78. The maximum absolute atomic E-state index is 10.9. The Labute approximate surface area is 112 Å². The molecular weight excluding hydrogens is 240 g/mol. The molecule has 1 heterocycles. The van der Waals surface area contributed by atoms with Crippen LogP contribution in [0.15, 0.2) is 36.4 Å². The van der Waals surface area contributed by atoms with Gasteiger partial charge in [-0.25, -0.2) is 0 Å². The number of benzene rings is 1. The van der Waals surface area contributed by atoms with Crippen LogP contribution in [0.4, 0.5) is 0 Å². The zero-order valence-corrected chi connectivity index (χ0v) is 11.2. The SMILES string of the molecule is CC(C)N(CC(=O)O)Cc1ccc2ccccc2n1. The Morgan fingerprint density at radius 3 is 2.68 bits per heavy atom. The molecule has 4 heteroatoms. The van der Waals surface area contributed by atoms with Crippen molar-refractivity contribution in [2.75, 3.05) is 6.54 Å². The Morgan fingerprint density at radius 2 is 2.00 bits per heavy atom. The van der Waals surface area contributed by atoms with Crippen LogP contribution in [0.2, 0.25) is 0 Å². The molecule has 1 aromatic carbocycles. The smallest absolute Gasteiger partial charge is 0.317 e. The fraction of sp³-hybridized carbons (Fsp3) is 0.333. The van der Waals surface area contributed by atoms with Crippen LogP contribution in [-0.2, 0) is 11.3 Å². The molecule has 1 N–H and O–H groups in total. The molecule has 0 aliphatic carbocycles. The summed E-state index contributed by atoms with van der Waals surface area (Å²) in [6.07, 6.45) is 0. The number of carbonyl (C=O) groups is 1. The summed E-state index contributed by atoms with van der Waals surface area (Å²) in [4.78, 5) is 17.3. The van der Waals surface area contributed by atoms with Crippen LogP contribution in [0.1, 0.15) is 19.5 Å². The molecule has 0 amide bonds.